The van der Waals surface area contributed by atoms with Gasteiger partial charge in [-0.25, -0.2) is 9.18 Å². The molecule has 0 radical (unpaired) electrons. The van der Waals surface area contributed by atoms with Gasteiger partial charge in [0.2, 0.25) is 0 Å². The number of rotatable bonds is 5. The topological polar surface area (TPSA) is 58.4 Å². The van der Waals surface area contributed by atoms with E-state index in [9.17, 15) is 14.3 Å². The number of fused-ring (bicyclic) bond motifs is 1. The molecular weight excluding hydrogens is 405 g/mol. The first kappa shape index (κ1) is 20.2. The Balaban J connectivity index is 1.70. The van der Waals surface area contributed by atoms with Gasteiger partial charge in [-0.15, -0.1) is 0 Å². The maximum Gasteiger partial charge on any atom is 0.336 e. The number of carboxylic acids is 1. The molecule has 0 atom stereocenters. The van der Waals surface area contributed by atoms with E-state index in [2.05, 4.69) is 4.90 Å². The molecule has 0 aliphatic carbocycles. The lowest BCUT2D eigenvalue weighted by Gasteiger charge is -2.17. The molecule has 1 aromatic heterocycles. The van der Waals surface area contributed by atoms with Crippen molar-refractivity contribution < 1.29 is 14.3 Å². The number of carboxylic acid groups (broad SMARTS) is 1. The predicted molar refractivity (Wildman–Crippen MR) is 121 cm³/mol. The number of benzene rings is 3. The summed E-state index contributed by atoms with van der Waals surface area (Å²) in [6, 6.07) is 21.6. The van der Waals surface area contributed by atoms with Gasteiger partial charge >= 0.3 is 5.97 Å². The second-order valence-electron chi connectivity index (χ2n) is 8.09. The lowest BCUT2D eigenvalue weighted by atomic mass is 9.95. The molecule has 6 heteroatoms. The van der Waals surface area contributed by atoms with Crippen molar-refractivity contribution in [3.8, 4) is 22.4 Å². The van der Waals surface area contributed by atoms with Gasteiger partial charge in [0.15, 0.2) is 0 Å². The summed E-state index contributed by atoms with van der Waals surface area (Å²) in [6.45, 7) is 1.58. The van der Waals surface area contributed by atoms with Crippen LogP contribution in [0.2, 0.25) is 0 Å². The van der Waals surface area contributed by atoms with Gasteiger partial charge in [-0.3, -0.25) is 9.58 Å². The number of halogens is 1. The van der Waals surface area contributed by atoms with Crippen LogP contribution in [0.5, 0.6) is 0 Å². The van der Waals surface area contributed by atoms with Crippen LogP contribution in [0.25, 0.3) is 22.4 Å². The fourth-order valence-electron chi connectivity index (χ4n) is 4.49. The molecule has 0 bridgehead atoms. The zero-order valence-electron chi connectivity index (χ0n) is 17.6. The molecule has 0 fully saturated rings. The predicted octanol–water partition coefficient (Wildman–Crippen LogP) is 5.05. The minimum absolute atomic E-state index is 0.221. The zero-order chi connectivity index (χ0) is 22.2. The molecule has 4 aromatic rings. The van der Waals surface area contributed by atoms with Crippen molar-refractivity contribution in [3.05, 3.63) is 101 Å². The molecule has 0 unspecified atom stereocenters. The van der Waals surface area contributed by atoms with Gasteiger partial charge in [0.1, 0.15) is 5.82 Å². The first-order valence-corrected chi connectivity index (χ1v) is 10.5. The summed E-state index contributed by atoms with van der Waals surface area (Å²) in [5.41, 5.74) is 5.71. The summed E-state index contributed by atoms with van der Waals surface area (Å²) >= 11 is 0. The van der Waals surface area contributed by atoms with E-state index in [1.807, 2.05) is 43.4 Å². The Morgan fingerprint density at radius 3 is 2.44 bits per heavy atom. The van der Waals surface area contributed by atoms with Crippen molar-refractivity contribution in [2.45, 2.75) is 19.6 Å². The molecule has 1 aliphatic rings. The Bertz CT molecular complexity index is 1310. The van der Waals surface area contributed by atoms with E-state index in [4.69, 9.17) is 5.10 Å². The van der Waals surface area contributed by atoms with E-state index in [0.29, 0.717) is 29.9 Å². The van der Waals surface area contributed by atoms with Gasteiger partial charge in [-0.2, -0.15) is 5.10 Å². The molecule has 32 heavy (non-hydrogen) atoms. The van der Waals surface area contributed by atoms with E-state index in [1.165, 1.54) is 6.07 Å². The van der Waals surface area contributed by atoms with Crippen LogP contribution in [0.4, 0.5) is 4.39 Å². The summed E-state index contributed by atoms with van der Waals surface area (Å²) in [6.07, 6.45) is 0. The molecular formula is C26H22FN3O2. The van der Waals surface area contributed by atoms with E-state index < -0.39 is 5.97 Å². The molecule has 5 nitrogen and oxygen atoms in total. The third-order valence-corrected chi connectivity index (χ3v) is 5.91. The van der Waals surface area contributed by atoms with Crippen LogP contribution in [-0.2, 0) is 19.6 Å². The highest BCUT2D eigenvalue weighted by Crippen LogP contribution is 2.35. The molecule has 0 saturated heterocycles. The summed E-state index contributed by atoms with van der Waals surface area (Å²) < 4.78 is 16.6. The fraction of sp³-hybridized carbons (Fsp3) is 0.154. The SMILES string of the molecule is CN1Cc2nn(Cc3c(C(=O)O)cccc3-c3ccccc3)c(-c3ccccc3F)c2C1. The van der Waals surface area contributed by atoms with Crippen molar-refractivity contribution >= 4 is 5.97 Å². The molecule has 3 aromatic carbocycles. The van der Waals surface area contributed by atoms with Crippen molar-refractivity contribution in [1.29, 1.82) is 0 Å². The van der Waals surface area contributed by atoms with E-state index in [1.54, 1.807) is 35.0 Å². The van der Waals surface area contributed by atoms with Gasteiger partial charge in [0.25, 0.3) is 0 Å². The summed E-state index contributed by atoms with van der Waals surface area (Å²) in [4.78, 5) is 14.2. The van der Waals surface area contributed by atoms with Crippen molar-refractivity contribution in [1.82, 2.24) is 14.7 Å². The Hall–Kier alpha value is -3.77. The minimum Gasteiger partial charge on any atom is -0.478 e. The van der Waals surface area contributed by atoms with Gasteiger partial charge in [0, 0.05) is 24.2 Å². The lowest BCUT2D eigenvalue weighted by molar-refractivity contribution is 0.0695. The van der Waals surface area contributed by atoms with Gasteiger partial charge in [-0.05, 0) is 41.9 Å². The smallest absolute Gasteiger partial charge is 0.336 e. The molecule has 1 N–H and O–H groups in total. The van der Waals surface area contributed by atoms with Crippen LogP contribution in [0.15, 0.2) is 72.8 Å². The van der Waals surface area contributed by atoms with Crippen LogP contribution in [0.1, 0.15) is 27.2 Å². The fourth-order valence-corrected chi connectivity index (χ4v) is 4.49. The third kappa shape index (κ3) is 3.48. The van der Waals surface area contributed by atoms with Crippen LogP contribution in [0.3, 0.4) is 0 Å². The Labute approximate surface area is 185 Å². The molecule has 2 heterocycles. The molecule has 1 aliphatic heterocycles. The standard InChI is InChI=1S/C26H22FN3O2/c1-29-14-22-24(16-29)28-30(25(22)20-10-5-6-13-23(20)27)15-21-18(17-8-3-2-4-9-17)11-7-12-19(21)26(31)32/h2-13H,14-16H2,1H3,(H,31,32). The molecule has 0 spiro atoms. The highest BCUT2D eigenvalue weighted by Gasteiger charge is 2.28. The average molecular weight is 427 g/mol. The van der Waals surface area contributed by atoms with Gasteiger partial charge in [0.05, 0.1) is 23.5 Å². The number of aromatic nitrogens is 2. The molecule has 0 saturated carbocycles. The first-order valence-electron chi connectivity index (χ1n) is 10.5. The van der Waals surface area contributed by atoms with Crippen LogP contribution >= 0.6 is 0 Å². The van der Waals surface area contributed by atoms with Crippen molar-refractivity contribution in [3.63, 3.8) is 0 Å². The maximum absolute atomic E-state index is 14.8. The zero-order valence-corrected chi connectivity index (χ0v) is 17.6. The van der Waals surface area contributed by atoms with E-state index >= 15 is 0 Å². The van der Waals surface area contributed by atoms with Crippen molar-refractivity contribution in [2.75, 3.05) is 7.05 Å². The van der Waals surface area contributed by atoms with Gasteiger partial charge in [-0.1, -0.05) is 54.6 Å². The summed E-state index contributed by atoms with van der Waals surface area (Å²) in [7, 11) is 2.00. The van der Waals surface area contributed by atoms with Crippen LogP contribution in [-0.4, -0.2) is 32.8 Å². The monoisotopic (exact) mass is 427 g/mol. The molecule has 160 valence electrons. The Kier molecular flexibility index (Phi) is 5.07. The number of aromatic carboxylic acids is 1. The summed E-state index contributed by atoms with van der Waals surface area (Å²) in [5.74, 6) is -1.31. The Morgan fingerprint density at radius 1 is 0.969 bits per heavy atom. The second kappa shape index (κ2) is 8.05. The normalized spacial score (nSPS) is 13.3. The molecule has 5 rings (SSSR count). The number of hydrogen-bond donors (Lipinski definition) is 1. The van der Waals surface area contributed by atoms with Crippen LogP contribution in [0, 0.1) is 5.82 Å². The minimum atomic E-state index is -0.996. The average Bonchev–Trinajstić information content (AvgIpc) is 3.30. The number of hydrogen-bond acceptors (Lipinski definition) is 3. The second-order valence-corrected chi connectivity index (χ2v) is 8.09. The van der Waals surface area contributed by atoms with Gasteiger partial charge < -0.3 is 5.11 Å². The highest BCUT2D eigenvalue weighted by molar-refractivity contribution is 5.92. The first-order chi connectivity index (χ1) is 15.5. The summed E-state index contributed by atoms with van der Waals surface area (Å²) in [5, 5.41) is 14.7. The number of carbonyl (C=O) groups is 1. The highest BCUT2D eigenvalue weighted by atomic mass is 19.1. The number of nitrogens with zero attached hydrogens (tertiary/aromatic N) is 3. The third-order valence-electron chi connectivity index (χ3n) is 5.91. The van der Waals surface area contributed by atoms with Crippen molar-refractivity contribution in [2.24, 2.45) is 0 Å². The van der Waals surface area contributed by atoms with E-state index in [0.717, 1.165) is 22.4 Å². The largest absolute Gasteiger partial charge is 0.478 e. The Morgan fingerprint density at radius 2 is 1.69 bits per heavy atom. The van der Waals surface area contributed by atoms with E-state index in [-0.39, 0.29) is 17.9 Å². The maximum atomic E-state index is 14.8. The quantitative estimate of drug-likeness (QED) is 0.484. The molecule has 0 amide bonds. The lowest BCUT2D eigenvalue weighted by Crippen LogP contribution is -2.15. The van der Waals surface area contributed by atoms with Crippen LogP contribution < -0.4 is 0 Å².